The first kappa shape index (κ1) is 20.1. The van der Waals surface area contributed by atoms with E-state index in [0.717, 1.165) is 42.6 Å². The molecule has 3 aromatic rings. The van der Waals surface area contributed by atoms with E-state index in [1.807, 2.05) is 32.3 Å². The van der Waals surface area contributed by atoms with Gasteiger partial charge in [-0.25, -0.2) is 9.50 Å². The van der Waals surface area contributed by atoms with Gasteiger partial charge in [0, 0.05) is 38.2 Å². The normalized spacial score (nSPS) is 19.0. The van der Waals surface area contributed by atoms with Crippen LogP contribution in [0.2, 0.25) is 0 Å². The van der Waals surface area contributed by atoms with Crippen LogP contribution >= 0.6 is 0 Å². The highest BCUT2D eigenvalue weighted by molar-refractivity contribution is 6.00. The summed E-state index contributed by atoms with van der Waals surface area (Å²) in [6, 6.07) is 3.97. The number of carbonyl (C=O) groups is 2. The van der Waals surface area contributed by atoms with Gasteiger partial charge in [0.15, 0.2) is 0 Å². The second kappa shape index (κ2) is 8.64. The van der Waals surface area contributed by atoms with Crippen LogP contribution in [0.5, 0.6) is 0 Å². The van der Waals surface area contributed by atoms with Crippen molar-refractivity contribution in [1.82, 2.24) is 35.0 Å². The van der Waals surface area contributed by atoms with Crippen molar-refractivity contribution in [3.8, 4) is 0 Å². The Morgan fingerprint density at radius 2 is 1.97 bits per heavy atom. The summed E-state index contributed by atoms with van der Waals surface area (Å²) in [6.07, 6.45) is 8.83. The number of nitrogens with zero attached hydrogens (tertiary/aromatic N) is 5. The van der Waals surface area contributed by atoms with Gasteiger partial charge < -0.3 is 10.6 Å². The summed E-state index contributed by atoms with van der Waals surface area (Å²) in [7, 11) is 1.84. The second-order valence-corrected chi connectivity index (χ2v) is 7.96. The Hall–Kier alpha value is -3.23. The Morgan fingerprint density at radius 3 is 2.70 bits per heavy atom. The first-order chi connectivity index (χ1) is 14.5. The molecule has 1 aliphatic rings. The van der Waals surface area contributed by atoms with Crippen molar-refractivity contribution >= 4 is 17.3 Å². The van der Waals surface area contributed by atoms with Gasteiger partial charge in [0.25, 0.3) is 5.91 Å². The van der Waals surface area contributed by atoms with Crippen LogP contribution in [0, 0.1) is 12.8 Å². The molecular weight excluding hydrogens is 382 g/mol. The third kappa shape index (κ3) is 4.34. The highest BCUT2D eigenvalue weighted by Crippen LogP contribution is 2.25. The molecule has 3 aromatic heterocycles. The minimum atomic E-state index is -0.106. The molecule has 3 heterocycles. The summed E-state index contributed by atoms with van der Waals surface area (Å²) in [5.74, 6) is 0.826. The molecule has 0 bridgehead atoms. The van der Waals surface area contributed by atoms with Gasteiger partial charge in [-0.15, -0.1) is 0 Å². The van der Waals surface area contributed by atoms with Gasteiger partial charge in [0.1, 0.15) is 12.2 Å². The summed E-state index contributed by atoms with van der Waals surface area (Å²) in [4.78, 5) is 29.3. The fourth-order valence-corrected chi connectivity index (χ4v) is 4.01. The third-order valence-electron chi connectivity index (χ3n) is 5.79. The van der Waals surface area contributed by atoms with Crippen LogP contribution in [0.15, 0.2) is 30.9 Å². The molecule has 0 unspecified atom stereocenters. The lowest BCUT2D eigenvalue weighted by atomic mass is 9.85. The maximum Gasteiger partial charge on any atom is 0.255 e. The standard InChI is InChI=1S/C21H27N7O2/c1-14-3-8-18-17(11-24-28(18)12-14)21(30)26-16-6-4-15(5-7-16)20(29)22-10-9-19-23-13-25-27(19)2/h3,8,11-13,15-16H,4-7,9-10H2,1-2H3,(H,22,29)(H,26,30). The van der Waals surface area contributed by atoms with E-state index in [2.05, 4.69) is 25.8 Å². The van der Waals surface area contributed by atoms with Crippen LogP contribution < -0.4 is 10.6 Å². The highest BCUT2D eigenvalue weighted by atomic mass is 16.2. The van der Waals surface area contributed by atoms with Crippen LogP contribution in [-0.4, -0.2) is 48.8 Å². The number of nitrogens with one attached hydrogen (secondary N) is 2. The second-order valence-electron chi connectivity index (χ2n) is 7.96. The predicted molar refractivity (Wildman–Crippen MR) is 111 cm³/mol. The van der Waals surface area contributed by atoms with Crippen molar-refractivity contribution < 1.29 is 9.59 Å². The van der Waals surface area contributed by atoms with E-state index in [-0.39, 0.29) is 23.8 Å². The number of fused-ring (bicyclic) bond motifs is 1. The van der Waals surface area contributed by atoms with Crippen molar-refractivity contribution in [2.24, 2.45) is 13.0 Å². The fourth-order valence-electron chi connectivity index (χ4n) is 4.01. The van der Waals surface area contributed by atoms with Crippen molar-refractivity contribution in [3.05, 3.63) is 47.8 Å². The molecule has 2 amide bonds. The van der Waals surface area contributed by atoms with E-state index in [9.17, 15) is 9.59 Å². The summed E-state index contributed by atoms with van der Waals surface area (Å²) in [6.45, 7) is 2.54. The molecule has 1 aliphatic carbocycles. The molecule has 30 heavy (non-hydrogen) atoms. The van der Waals surface area contributed by atoms with Gasteiger partial charge in [-0.2, -0.15) is 10.2 Å². The quantitative estimate of drug-likeness (QED) is 0.640. The largest absolute Gasteiger partial charge is 0.355 e. The van der Waals surface area contributed by atoms with Crippen LogP contribution in [0.4, 0.5) is 0 Å². The average molecular weight is 409 g/mol. The number of amides is 2. The van der Waals surface area contributed by atoms with Crippen molar-refractivity contribution in [1.29, 1.82) is 0 Å². The summed E-state index contributed by atoms with van der Waals surface area (Å²) < 4.78 is 3.44. The van der Waals surface area contributed by atoms with Gasteiger partial charge in [-0.05, 0) is 44.2 Å². The van der Waals surface area contributed by atoms with Crippen molar-refractivity contribution in [2.45, 2.75) is 45.1 Å². The first-order valence-electron chi connectivity index (χ1n) is 10.4. The topological polar surface area (TPSA) is 106 Å². The first-order valence-corrected chi connectivity index (χ1v) is 10.4. The Labute approximate surface area is 174 Å². The Morgan fingerprint density at radius 1 is 1.17 bits per heavy atom. The molecule has 0 saturated heterocycles. The van der Waals surface area contributed by atoms with Crippen LogP contribution in [0.3, 0.4) is 0 Å². The summed E-state index contributed by atoms with van der Waals surface area (Å²) in [5.41, 5.74) is 2.47. The van der Waals surface area contributed by atoms with Crippen LogP contribution in [0.25, 0.3) is 5.52 Å². The lowest BCUT2D eigenvalue weighted by Gasteiger charge is -2.28. The van der Waals surface area contributed by atoms with E-state index < -0.39 is 0 Å². The van der Waals surface area contributed by atoms with Gasteiger partial charge in [-0.1, -0.05) is 6.07 Å². The molecule has 2 N–H and O–H groups in total. The number of carbonyl (C=O) groups excluding carboxylic acids is 2. The van der Waals surface area contributed by atoms with Crippen molar-refractivity contribution in [3.63, 3.8) is 0 Å². The lowest BCUT2D eigenvalue weighted by Crippen LogP contribution is -2.41. The maximum absolute atomic E-state index is 12.7. The molecule has 9 nitrogen and oxygen atoms in total. The van der Waals surface area contributed by atoms with E-state index in [0.29, 0.717) is 18.5 Å². The zero-order valence-corrected chi connectivity index (χ0v) is 17.3. The predicted octanol–water partition coefficient (Wildman–Crippen LogP) is 1.42. The molecule has 0 atom stereocenters. The van der Waals surface area contributed by atoms with Gasteiger partial charge in [-0.3, -0.25) is 14.3 Å². The third-order valence-corrected chi connectivity index (χ3v) is 5.79. The smallest absolute Gasteiger partial charge is 0.255 e. The number of rotatable bonds is 6. The van der Waals surface area contributed by atoms with Gasteiger partial charge in [0.2, 0.25) is 5.91 Å². The number of aryl methyl sites for hydroxylation is 2. The molecular formula is C21H27N7O2. The minimum Gasteiger partial charge on any atom is -0.355 e. The summed E-state index contributed by atoms with van der Waals surface area (Å²) in [5, 5.41) is 14.4. The van der Waals surface area contributed by atoms with Crippen LogP contribution in [-0.2, 0) is 18.3 Å². The molecule has 1 fully saturated rings. The molecule has 0 aliphatic heterocycles. The van der Waals surface area contributed by atoms with Crippen molar-refractivity contribution in [2.75, 3.05) is 6.54 Å². The number of pyridine rings is 1. The summed E-state index contributed by atoms with van der Waals surface area (Å²) >= 11 is 0. The minimum absolute atomic E-state index is 0.00222. The average Bonchev–Trinajstić information content (AvgIpc) is 3.34. The monoisotopic (exact) mass is 409 g/mol. The molecule has 0 radical (unpaired) electrons. The van der Waals surface area contributed by atoms with E-state index >= 15 is 0 Å². The SMILES string of the molecule is Cc1ccc2c(C(=O)NC3CCC(C(=O)NCCc4ncnn4C)CC3)cnn2c1. The zero-order valence-electron chi connectivity index (χ0n) is 17.3. The molecule has 4 rings (SSSR count). The van der Waals surface area contributed by atoms with Gasteiger partial charge in [0.05, 0.1) is 17.3 Å². The number of hydrogen-bond acceptors (Lipinski definition) is 5. The fraction of sp³-hybridized carbons (Fsp3) is 0.476. The molecule has 0 aromatic carbocycles. The molecule has 1 saturated carbocycles. The number of hydrogen-bond donors (Lipinski definition) is 2. The Kier molecular flexibility index (Phi) is 5.78. The number of aromatic nitrogens is 5. The van der Waals surface area contributed by atoms with E-state index in [4.69, 9.17) is 0 Å². The van der Waals surface area contributed by atoms with E-state index in [1.54, 1.807) is 15.4 Å². The molecule has 158 valence electrons. The Balaban J connectivity index is 1.24. The highest BCUT2D eigenvalue weighted by Gasteiger charge is 2.27. The van der Waals surface area contributed by atoms with E-state index in [1.165, 1.54) is 6.33 Å². The molecule has 9 heteroatoms. The van der Waals surface area contributed by atoms with Gasteiger partial charge >= 0.3 is 0 Å². The van der Waals surface area contributed by atoms with Crippen LogP contribution in [0.1, 0.15) is 47.4 Å². The Bertz CT molecular complexity index is 1050. The zero-order chi connectivity index (χ0) is 21.1. The maximum atomic E-state index is 12.7. The lowest BCUT2D eigenvalue weighted by molar-refractivity contribution is -0.126. The molecule has 0 spiro atoms.